The van der Waals surface area contributed by atoms with Crippen molar-refractivity contribution in [1.29, 1.82) is 0 Å². The number of hydrogen-bond donors (Lipinski definition) is 1. The molecule has 0 saturated heterocycles. The van der Waals surface area contributed by atoms with Gasteiger partial charge in [-0.05, 0) is 6.07 Å². The Labute approximate surface area is 106 Å². The second-order valence-corrected chi connectivity index (χ2v) is 4.35. The van der Waals surface area contributed by atoms with Crippen molar-refractivity contribution in [3.8, 4) is 10.6 Å². The molecule has 0 bridgehead atoms. The van der Waals surface area contributed by atoms with E-state index >= 15 is 0 Å². The van der Waals surface area contributed by atoms with Crippen molar-refractivity contribution < 1.29 is 9.72 Å². The molecule has 0 atom stereocenters. The molecular weight excluding hydrogens is 256 g/mol. The molecule has 7 nitrogen and oxygen atoms in total. The Hall–Kier alpha value is -2.35. The van der Waals surface area contributed by atoms with E-state index < -0.39 is 4.92 Å². The van der Waals surface area contributed by atoms with E-state index in [1.54, 1.807) is 18.2 Å². The maximum atomic E-state index is 10.9. The van der Waals surface area contributed by atoms with E-state index in [1.807, 2.05) is 0 Å². The first-order valence-corrected chi connectivity index (χ1v) is 5.74. The first-order valence-electron chi connectivity index (χ1n) is 4.93. The van der Waals surface area contributed by atoms with Crippen LogP contribution in [0.15, 0.2) is 24.3 Å². The number of nitro groups is 1. The van der Waals surface area contributed by atoms with Crippen molar-refractivity contribution in [2.45, 2.75) is 6.92 Å². The highest BCUT2D eigenvalue weighted by atomic mass is 32.1. The molecule has 0 saturated carbocycles. The van der Waals surface area contributed by atoms with Crippen LogP contribution in [-0.4, -0.2) is 21.0 Å². The zero-order valence-electron chi connectivity index (χ0n) is 9.28. The molecule has 1 heterocycles. The Morgan fingerprint density at radius 2 is 2.11 bits per heavy atom. The van der Waals surface area contributed by atoms with Gasteiger partial charge in [-0.25, -0.2) is 0 Å². The van der Waals surface area contributed by atoms with E-state index in [4.69, 9.17) is 0 Å². The van der Waals surface area contributed by atoms with E-state index in [1.165, 1.54) is 13.0 Å². The summed E-state index contributed by atoms with van der Waals surface area (Å²) in [5, 5.41) is 21.6. The number of rotatable bonds is 3. The number of aromatic nitrogens is 2. The standard InChI is InChI=1S/C10H8N4O3S/c1-6(15)11-10-13-12-9(18-10)7-4-2-3-5-8(7)14(16)17/h2-5H,1H3,(H,11,13,15). The molecule has 8 heteroatoms. The van der Waals surface area contributed by atoms with Crippen LogP contribution in [0, 0.1) is 10.1 Å². The minimum atomic E-state index is -0.477. The normalized spacial score (nSPS) is 10.1. The molecule has 0 radical (unpaired) electrons. The predicted octanol–water partition coefficient (Wildman–Crippen LogP) is 2.07. The molecule has 18 heavy (non-hydrogen) atoms. The fourth-order valence-electron chi connectivity index (χ4n) is 1.35. The number of carbonyl (C=O) groups excluding carboxylic acids is 1. The zero-order chi connectivity index (χ0) is 13.1. The third-order valence-electron chi connectivity index (χ3n) is 2.04. The van der Waals surface area contributed by atoms with Crippen molar-refractivity contribution in [2.24, 2.45) is 0 Å². The lowest BCUT2D eigenvalue weighted by Gasteiger charge is -1.97. The van der Waals surface area contributed by atoms with Gasteiger partial charge in [0.25, 0.3) is 5.69 Å². The van der Waals surface area contributed by atoms with Gasteiger partial charge in [-0.1, -0.05) is 23.5 Å². The smallest absolute Gasteiger partial charge is 0.279 e. The van der Waals surface area contributed by atoms with E-state index in [-0.39, 0.29) is 11.6 Å². The SMILES string of the molecule is CC(=O)Nc1nnc(-c2ccccc2[N+](=O)[O-])s1. The number of amides is 1. The maximum Gasteiger partial charge on any atom is 0.279 e. The Kier molecular flexibility index (Phi) is 3.28. The molecule has 0 aliphatic rings. The number of hydrogen-bond acceptors (Lipinski definition) is 6. The lowest BCUT2D eigenvalue weighted by molar-refractivity contribution is -0.384. The molecular formula is C10H8N4O3S. The number of benzene rings is 1. The average molecular weight is 264 g/mol. The molecule has 0 aliphatic carbocycles. The zero-order valence-corrected chi connectivity index (χ0v) is 10.1. The molecule has 1 N–H and O–H groups in total. The summed E-state index contributed by atoms with van der Waals surface area (Å²) in [6.07, 6.45) is 0. The van der Waals surface area contributed by atoms with Crippen molar-refractivity contribution in [3.05, 3.63) is 34.4 Å². The Morgan fingerprint density at radius 3 is 2.78 bits per heavy atom. The molecule has 1 aromatic heterocycles. The van der Waals surface area contributed by atoms with Crippen LogP contribution in [0.1, 0.15) is 6.92 Å². The van der Waals surface area contributed by atoms with E-state index in [0.717, 1.165) is 11.3 Å². The van der Waals surface area contributed by atoms with E-state index in [0.29, 0.717) is 15.7 Å². The van der Waals surface area contributed by atoms with Gasteiger partial charge in [0.05, 0.1) is 10.5 Å². The average Bonchev–Trinajstić information content (AvgIpc) is 2.76. The summed E-state index contributed by atoms with van der Waals surface area (Å²) in [5.74, 6) is -0.264. The summed E-state index contributed by atoms with van der Waals surface area (Å²) in [4.78, 5) is 21.2. The van der Waals surface area contributed by atoms with Crippen LogP contribution in [0.4, 0.5) is 10.8 Å². The molecule has 0 aliphatic heterocycles. The monoisotopic (exact) mass is 264 g/mol. The van der Waals surface area contributed by atoms with Gasteiger partial charge in [-0.2, -0.15) is 0 Å². The lowest BCUT2D eigenvalue weighted by atomic mass is 10.2. The fourth-order valence-corrected chi connectivity index (χ4v) is 2.17. The van der Waals surface area contributed by atoms with Crippen LogP contribution in [0.3, 0.4) is 0 Å². The Morgan fingerprint density at radius 1 is 1.39 bits per heavy atom. The van der Waals surface area contributed by atoms with Crippen LogP contribution in [0.25, 0.3) is 10.6 Å². The first kappa shape index (κ1) is 12.1. The minimum Gasteiger partial charge on any atom is -0.301 e. The third kappa shape index (κ3) is 2.48. The van der Waals surface area contributed by atoms with Gasteiger partial charge in [0.15, 0.2) is 5.01 Å². The number of carbonyl (C=O) groups is 1. The Balaban J connectivity index is 2.40. The van der Waals surface area contributed by atoms with Crippen LogP contribution < -0.4 is 5.32 Å². The quantitative estimate of drug-likeness (QED) is 0.676. The van der Waals surface area contributed by atoms with E-state index in [2.05, 4.69) is 15.5 Å². The highest BCUT2D eigenvalue weighted by molar-refractivity contribution is 7.18. The molecule has 2 rings (SSSR count). The van der Waals surface area contributed by atoms with Gasteiger partial charge in [0.1, 0.15) is 0 Å². The van der Waals surface area contributed by atoms with Crippen molar-refractivity contribution >= 4 is 28.1 Å². The number of anilines is 1. The maximum absolute atomic E-state index is 10.9. The first-order chi connectivity index (χ1) is 8.58. The van der Waals surface area contributed by atoms with Gasteiger partial charge in [-0.15, -0.1) is 10.2 Å². The molecule has 0 fully saturated rings. The van der Waals surface area contributed by atoms with Crippen molar-refractivity contribution in [1.82, 2.24) is 10.2 Å². The van der Waals surface area contributed by atoms with E-state index in [9.17, 15) is 14.9 Å². The second kappa shape index (κ2) is 4.88. The molecule has 92 valence electrons. The number of nitrogens with one attached hydrogen (secondary N) is 1. The summed E-state index contributed by atoms with van der Waals surface area (Å²) in [7, 11) is 0. The fraction of sp³-hybridized carbons (Fsp3) is 0.100. The van der Waals surface area contributed by atoms with Crippen LogP contribution >= 0.6 is 11.3 Å². The summed E-state index contributed by atoms with van der Waals surface area (Å²) < 4.78 is 0. The largest absolute Gasteiger partial charge is 0.301 e. The van der Waals surface area contributed by atoms with Gasteiger partial charge in [0, 0.05) is 13.0 Å². The summed E-state index contributed by atoms with van der Waals surface area (Å²) in [6.45, 7) is 1.35. The predicted molar refractivity (Wildman–Crippen MR) is 66.3 cm³/mol. The lowest BCUT2D eigenvalue weighted by Crippen LogP contribution is -2.04. The highest BCUT2D eigenvalue weighted by Crippen LogP contribution is 2.32. The summed E-state index contributed by atoms with van der Waals surface area (Å²) in [6, 6.07) is 6.25. The highest BCUT2D eigenvalue weighted by Gasteiger charge is 2.18. The van der Waals surface area contributed by atoms with Gasteiger partial charge in [-0.3, -0.25) is 14.9 Å². The molecule has 1 aromatic carbocycles. The van der Waals surface area contributed by atoms with Crippen molar-refractivity contribution in [3.63, 3.8) is 0 Å². The van der Waals surface area contributed by atoms with Crippen LogP contribution in [0.5, 0.6) is 0 Å². The Bertz CT molecular complexity index is 611. The van der Waals surface area contributed by atoms with Gasteiger partial charge < -0.3 is 5.32 Å². The second-order valence-electron chi connectivity index (χ2n) is 3.37. The summed E-state index contributed by atoms with van der Waals surface area (Å²) in [5.41, 5.74) is 0.347. The molecule has 1 amide bonds. The van der Waals surface area contributed by atoms with Crippen LogP contribution in [-0.2, 0) is 4.79 Å². The summed E-state index contributed by atoms with van der Waals surface area (Å²) >= 11 is 1.09. The van der Waals surface area contributed by atoms with Gasteiger partial charge in [0.2, 0.25) is 11.0 Å². The molecule has 2 aromatic rings. The topological polar surface area (TPSA) is 98.0 Å². The molecule has 0 unspecified atom stereocenters. The number of nitro benzene ring substituents is 1. The van der Waals surface area contributed by atoms with Crippen LogP contribution in [0.2, 0.25) is 0 Å². The van der Waals surface area contributed by atoms with Crippen molar-refractivity contribution in [2.75, 3.05) is 5.32 Å². The number of nitrogens with zero attached hydrogens (tertiary/aromatic N) is 3. The van der Waals surface area contributed by atoms with Gasteiger partial charge >= 0.3 is 0 Å². The molecule has 0 spiro atoms. The number of para-hydroxylation sites is 1. The minimum absolute atomic E-state index is 0.0389. The third-order valence-corrected chi connectivity index (χ3v) is 2.91.